The molecule has 4 rings (SSSR count). The Morgan fingerprint density at radius 1 is 1.29 bits per heavy atom. The lowest BCUT2D eigenvalue weighted by atomic mass is 10.2. The smallest absolute Gasteiger partial charge is 0.262 e. The van der Waals surface area contributed by atoms with Crippen molar-refractivity contribution in [2.45, 2.75) is 30.7 Å². The van der Waals surface area contributed by atoms with Gasteiger partial charge in [0, 0.05) is 0 Å². The molecular weight excluding hydrogens is 396 g/mol. The van der Waals surface area contributed by atoms with Crippen LogP contribution in [0.3, 0.4) is 0 Å². The molecule has 0 spiro atoms. The van der Waals surface area contributed by atoms with Crippen LogP contribution in [0.25, 0.3) is 16.7 Å². The monoisotopic (exact) mass is 412 g/mol. The van der Waals surface area contributed by atoms with Crippen LogP contribution in [-0.4, -0.2) is 41.0 Å². The van der Waals surface area contributed by atoms with Crippen molar-refractivity contribution in [1.82, 2.24) is 29.9 Å². The van der Waals surface area contributed by atoms with Crippen molar-refractivity contribution in [3.8, 4) is 5.69 Å². The van der Waals surface area contributed by atoms with Gasteiger partial charge in [0.2, 0.25) is 0 Å². The molecule has 28 heavy (non-hydrogen) atoms. The highest BCUT2D eigenvalue weighted by atomic mass is 32.2. The fourth-order valence-corrected chi connectivity index (χ4v) is 4.21. The number of para-hydroxylation sites is 1. The molecule has 3 aromatic heterocycles. The Labute approximate surface area is 168 Å². The van der Waals surface area contributed by atoms with Crippen molar-refractivity contribution >= 4 is 39.9 Å². The number of nitrogens with zero attached hydrogens (tertiary/aromatic N) is 5. The number of carbonyl (C=O) groups excluding carboxylic acids is 1. The number of ketones is 1. The summed E-state index contributed by atoms with van der Waals surface area (Å²) in [5.41, 5.74) is 0.980. The second-order valence-corrected chi connectivity index (χ2v) is 8.71. The molecule has 1 N–H and O–H groups in total. The summed E-state index contributed by atoms with van der Waals surface area (Å²) < 4.78 is 1.62. The fraction of sp³-hybridized carbons (Fsp3) is 0.222. The standard InChI is InChI=1S/C18H16N6O2S2/c1-10(14(25)8-15-23-22-11(2)28-15)27-18-20-16-13(17(26)21-18)9-19-24(16)12-6-4-3-5-7-12/h3-7,9-10H,8H2,1-2H3,(H,20,21,26). The van der Waals surface area contributed by atoms with Crippen molar-refractivity contribution in [1.29, 1.82) is 0 Å². The van der Waals surface area contributed by atoms with Gasteiger partial charge in [0.05, 0.1) is 23.6 Å². The van der Waals surface area contributed by atoms with E-state index in [2.05, 4.69) is 25.3 Å². The van der Waals surface area contributed by atoms with E-state index < -0.39 is 5.25 Å². The first-order valence-corrected chi connectivity index (χ1v) is 10.2. The van der Waals surface area contributed by atoms with E-state index in [-0.39, 0.29) is 17.8 Å². The molecule has 0 radical (unpaired) electrons. The molecule has 3 heterocycles. The van der Waals surface area contributed by atoms with Crippen LogP contribution in [0, 0.1) is 6.92 Å². The number of rotatable bonds is 6. The van der Waals surface area contributed by atoms with Crippen molar-refractivity contribution in [2.75, 3.05) is 0 Å². The Morgan fingerprint density at radius 2 is 2.07 bits per heavy atom. The highest BCUT2D eigenvalue weighted by Gasteiger charge is 2.19. The molecule has 0 saturated heterocycles. The molecule has 0 aliphatic heterocycles. The molecule has 10 heteroatoms. The molecule has 0 saturated carbocycles. The molecule has 0 aliphatic rings. The number of benzene rings is 1. The van der Waals surface area contributed by atoms with Gasteiger partial charge in [-0.3, -0.25) is 9.59 Å². The zero-order valence-electron chi connectivity index (χ0n) is 15.1. The molecule has 1 atom stereocenters. The number of nitrogens with one attached hydrogen (secondary N) is 1. The number of aromatic nitrogens is 6. The summed E-state index contributed by atoms with van der Waals surface area (Å²) >= 11 is 2.62. The van der Waals surface area contributed by atoms with Gasteiger partial charge in [0.15, 0.2) is 16.6 Å². The van der Waals surface area contributed by atoms with Crippen LogP contribution in [0.5, 0.6) is 0 Å². The first-order valence-electron chi connectivity index (χ1n) is 8.53. The summed E-state index contributed by atoms with van der Waals surface area (Å²) in [6.07, 6.45) is 1.71. The van der Waals surface area contributed by atoms with Gasteiger partial charge >= 0.3 is 0 Å². The Kier molecular flexibility index (Phi) is 5.05. The summed E-state index contributed by atoms with van der Waals surface area (Å²) in [4.78, 5) is 32.2. The summed E-state index contributed by atoms with van der Waals surface area (Å²) in [5.74, 6) is 0.000429. The number of Topliss-reactive ketones (excluding diaryl/α,β-unsaturated/α-hetero) is 1. The lowest BCUT2D eigenvalue weighted by Crippen LogP contribution is -2.18. The predicted octanol–water partition coefficient (Wildman–Crippen LogP) is 2.56. The molecule has 1 aromatic carbocycles. The van der Waals surface area contributed by atoms with E-state index in [1.54, 1.807) is 11.6 Å². The van der Waals surface area contributed by atoms with Gasteiger partial charge in [0.1, 0.15) is 15.4 Å². The topological polar surface area (TPSA) is 106 Å². The molecule has 0 bridgehead atoms. The van der Waals surface area contributed by atoms with Crippen molar-refractivity contribution < 1.29 is 4.79 Å². The van der Waals surface area contributed by atoms with Gasteiger partial charge in [-0.1, -0.05) is 30.0 Å². The summed E-state index contributed by atoms with van der Waals surface area (Å²) in [5, 5.41) is 14.1. The number of aromatic amines is 1. The van der Waals surface area contributed by atoms with Crippen LogP contribution in [-0.2, 0) is 11.2 Å². The Hall–Kier alpha value is -2.85. The second kappa shape index (κ2) is 7.64. The van der Waals surface area contributed by atoms with E-state index in [0.29, 0.717) is 21.2 Å². The third-order valence-electron chi connectivity index (χ3n) is 4.05. The zero-order chi connectivity index (χ0) is 19.7. The number of H-pyrrole nitrogens is 1. The normalized spacial score (nSPS) is 12.4. The first-order chi connectivity index (χ1) is 13.5. The maximum absolute atomic E-state index is 12.5. The van der Waals surface area contributed by atoms with E-state index in [1.165, 1.54) is 29.3 Å². The Bertz CT molecular complexity index is 1200. The van der Waals surface area contributed by atoms with Gasteiger partial charge in [-0.15, -0.1) is 21.5 Å². The first kappa shape index (κ1) is 18.5. The third kappa shape index (κ3) is 3.73. The van der Waals surface area contributed by atoms with E-state index in [4.69, 9.17) is 0 Å². The van der Waals surface area contributed by atoms with Crippen LogP contribution in [0.1, 0.15) is 16.9 Å². The Balaban J connectivity index is 1.60. The molecule has 1 unspecified atom stereocenters. The van der Waals surface area contributed by atoms with Crippen molar-refractivity contribution in [2.24, 2.45) is 0 Å². The highest BCUT2D eigenvalue weighted by Crippen LogP contribution is 2.23. The number of thioether (sulfide) groups is 1. The van der Waals surface area contributed by atoms with E-state index >= 15 is 0 Å². The van der Waals surface area contributed by atoms with E-state index in [0.717, 1.165) is 10.7 Å². The maximum Gasteiger partial charge on any atom is 0.262 e. The van der Waals surface area contributed by atoms with Crippen LogP contribution in [0.15, 0.2) is 46.5 Å². The maximum atomic E-state index is 12.5. The van der Waals surface area contributed by atoms with Gasteiger partial charge in [-0.05, 0) is 26.0 Å². The van der Waals surface area contributed by atoms with Crippen LogP contribution >= 0.6 is 23.1 Å². The molecule has 142 valence electrons. The average molecular weight is 413 g/mol. The Morgan fingerprint density at radius 3 is 2.79 bits per heavy atom. The average Bonchev–Trinajstić information content (AvgIpc) is 3.28. The van der Waals surface area contributed by atoms with Gasteiger partial charge in [-0.25, -0.2) is 9.67 Å². The summed E-state index contributed by atoms with van der Waals surface area (Å²) in [7, 11) is 0. The molecule has 4 aromatic rings. The second-order valence-electron chi connectivity index (χ2n) is 6.12. The largest absolute Gasteiger partial charge is 0.301 e. The van der Waals surface area contributed by atoms with Gasteiger partial charge in [-0.2, -0.15) is 5.10 Å². The minimum Gasteiger partial charge on any atom is -0.301 e. The quantitative estimate of drug-likeness (QED) is 0.383. The minimum atomic E-state index is -0.391. The van der Waals surface area contributed by atoms with E-state index in [1.807, 2.05) is 37.3 Å². The third-order valence-corrected chi connectivity index (χ3v) is 5.92. The number of carbonyl (C=O) groups is 1. The number of fused-ring (bicyclic) bond motifs is 1. The number of hydrogen-bond acceptors (Lipinski definition) is 8. The highest BCUT2D eigenvalue weighted by molar-refractivity contribution is 8.00. The lowest BCUT2D eigenvalue weighted by molar-refractivity contribution is -0.117. The van der Waals surface area contributed by atoms with Gasteiger partial charge in [0.25, 0.3) is 5.56 Å². The number of aryl methyl sites for hydroxylation is 1. The lowest BCUT2D eigenvalue weighted by Gasteiger charge is -2.09. The minimum absolute atomic E-state index is 0.000429. The van der Waals surface area contributed by atoms with Crippen molar-refractivity contribution in [3.05, 3.63) is 56.9 Å². The molecule has 8 nitrogen and oxygen atoms in total. The summed E-state index contributed by atoms with van der Waals surface area (Å²) in [6.45, 7) is 3.64. The zero-order valence-corrected chi connectivity index (χ0v) is 16.8. The summed E-state index contributed by atoms with van der Waals surface area (Å²) in [6, 6.07) is 9.46. The molecule has 0 fully saturated rings. The van der Waals surface area contributed by atoms with Crippen LogP contribution in [0.2, 0.25) is 0 Å². The van der Waals surface area contributed by atoms with Crippen molar-refractivity contribution in [3.63, 3.8) is 0 Å². The van der Waals surface area contributed by atoms with E-state index in [9.17, 15) is 9.59 Å². The van der Waals surface area contributed by atoms with Crippen LogP contribution < -0.4 is 5.56 Å². The molecular formula is C18H16N6O2S2. The van der Waals surface area contributed by atoms with Gasteiger partial charge < -0.3 is 4.98 Å². The van der Waals surface area contributed by atoms with Crippen LogP contribution in [0.4, 0.5) is 0 Å². The SMILES string of the molecule is Cc1nnc(CC(=O)C(C)Sc2nc3c(cnn3-c3ccccc3)c(=O)[nH]2)s1. The number of hydrogen-bond donors (Lipinski definition) is 1. The predicted molar refractivity (Wildman–Crippen MR) is 108 cm³/mol. The molecule has 0 aliphatic carbocycles. The fourth-order valence-electron chi connectivity index (χ4n) is 2.65. The molecule has 0 amide bonds.